The van der Waals surface area contributed by atoms with Gasteiger partial charge < -0.3 is 14.8 Å². The van der Waals surface area contributed by atoms with Crippen molar-refractivity contribution in [3.05, 3.63) is 40.6 Å². The van der Waals surface area contributed by atoms with Gasteiger partial charge in [-0.25, -0.2) is 0 Å². The second-order valence-electron chi connectivity index (χ2n) is 5.11. The van der Waals surface area contributed by atoms with Crippen LogP contribution in [0.25, 0.3) is 0 Å². The van der Waals surface area contributed by atoms with Gasteiger partial charge in [-0.3, -0.25) is 0 Å². The molecule has 0 fully saturated rings. The zero-order valence-electron chi connectivity index (χ0n) is 13.4. The van der Waals surface area contributed by atoms with Crippen molar-refractivity contribution in [1.29, 1.82) is 0 Å². The van der Waals surface area contributed by atoms with Crippen LogP contribution in [0.1, 0.15) is 31.6 Å². The Bertz CT molecular complexity index is 540. The molecule has 0 aliphatic heterocycles. The van der Waals surface area contributed by atoms with Crippen molar-refractivity contribution in [2.75, 3.05) is 25.1 Å². The van der Waals surface area contributed by atoms with E-state index >= 15 is 0 Å². The van der Waals surface area contributed by atoms with Crippen molar-refractivity contribution in [1.82, 2.24) is 0 Å². The molecule has 1 aromatic carbocycles. The van der Waals surface area contributed by atoms with Gasteiger partial charge in [0, 0.05) is 23.2 Å². The monoisotopic (exact) mass is 319 g/mol. The van der Waals surface area contributed by atoms with Gasteiger partial charge in [0.15, 0.2) is 11.5 Å². The number of thiophene rings is 1. The van der Waals surface area contributed by atoms with Gasteiger partial charge in [0.1, 0.15) is 0 Å². The largest absolute Gasteiger partial charge is 0.490 e. The van der Waals surface area contributed by atoms with E-state index in [0.717, 1.165) is 43.0 Å². The lowest BCUT2D eigenvalue weighted by molar-refractivity contribution is 0.268. The van der Waals surface area contributed by atoms with E-state index in [9.17, 15) is 0 Å². The summed E-state index contributed by atoms with van der Waals surface area (Å²) >= 11 is 1.80. The lowest BCUT2D eigenvalue weighted by Crippen LogP contribution is -2.05. The van der Waals surface area contributed by atoms with Crippen LogP contribution in [0.3, 0.4) is 0 Å². The second kappa shape index (κ2) is 9.36. The molecule has 2 aromatic rings. The number of hydrogen-bond acceptors (Lipinski definition) is 4. The van der Waals surface area contributed by atoms with Crippen LogP contribution >= 0.6 is 11.3 Å². The van der Waals surface area contributed by atoms with Crippen LogP contribution in [0.2, 0.25) is 0 Å². The number of hydrogen-bond donors (Lipinski definition) is 1. The minimum absolute atomic E-state index is 0.709. The van der Waals surface area contributed by atoms with Crippen LogP contribution in [0, 0.1) is 0 Å². The Morgan fingerprint density at radius 1 is 1.00 bits per heavy atom. The van der Waals surface area contributed by atoms with E-state index < -0.39 is 0 Å². The molecule has 1 aromatic heterocycles. The van der Waals surface area contributed by atoms with Gasteiger partial charge in [0.25, 0.3) is 0 Å². The zero-order valence-corrected chi connectivity index (χ0v) is 14.2. The highest BCUT2D eigenvalue weighted by atomic mass is 32.1. The highest BCUT2D eigenvalue weighted by Crippen LogP contribution is 2.31. The maximum absolute atomic E-state index is 5.81. The Hall–Kier alpha value is -1.68. The first-order valence-corrected chi connectivity index (χ1v) is 8.87. The molecule has 3 nitrogen and oxygen atoms in total. The molecule has 0 saturated heterocycles. The number of rotatable bonds is 10. The molecule has 0 spiro atoms. The Morgan fingerprint density at radius 2 is 1.77 bits per heavy atom. The Kier molecular flexibility index (Phi) is 7.10. The van der Waals surface area contributed by atoms with E-state index in [2.05, 4.69) is 42.7 Å². The summed E-state index contributed by atoms with van der Waals surface area (Å²) in [7, 11) is 0. The third-order valence-corrected chi connectivity index (χ3v) is 4.08. The standard InChI is InChI=1S/C18H25NO2S/c1-3-11-20-17-8-7-15(14-18(17)21-12-4-2)19-10-9-16-6-5-13-22-16/h5-8,13-14,19H,3-4,9-12H2,1-2H3. The van der Waals surface area contributed by atoms with Crippen LogP contribution in [0.4, 0.5) is 5.69 Å². The lowest BCUT2D eigenvalue weighted by atomic mass is 10.2. The van der Waals surface area contributed by atoms with Crippen LogP contribution < -0.4 is 14.8 Å². The molecule has 2 rings (SSSR count). The quantitative estimate of drug-likeness (QED) is 0.670. The minimum atomic E-state index is 0.709. The van der Waals surface area contributed by atoms with Crippen molar-refractivity contribution in [3.8, 4) is 11.5 Å². The van der Waals surface area contributed by atoms with Crippen molar-refractivity contribution < 1.29 is 9.47 Å². The van der Waals surface area contributed by atoms with E-state index in [1.807, 2.05) is 12.1 Å². The molecular weight excluding hydrogens is 294 g/mol. The summed E-state index contributed by atoms with van der Waals surface area (Å²) in [6.07, 6.45) is 3.02. The molecule has 0 atom stereocenters. The molecule has 0 aliphatic rings. The van der Waals surface area contributed by atoms with Crippen molar-refractivity contribution in [2.24, 2.45) is 0 Å². The van der Waals surface area contributed by atoms with Crippen LogP contribution in [-0.4, -0.2) is 19.8 Å². The van der Waals surface area contributed by atoms with Gasteiger partial charge in [0.2, 0.25) is 0 Å². The second-order valence-corrected chi connectivity index (χ2v) is 6.15. The van der Waals surface area contributed by atoms with Gasteiger partial charge in [-0.05, 0) is 42.8 Å². The highest BCUT2D eigenvalue weighted by Gasteiger charge is 2.06. The average Bonchev–Trinajstić information content (AvgIpc) is 3.05. The Morgan fingerprint density at radius 3 is 2.45 bits per heavy atom. The Balaban J connectivity index is 1.95. The summed E-state index contributed by atoms with van der Waals surface area (Å²) in [4.78, 5) is 1.40. The molecular formula is C18H25NO2S. The topological polar surface area (TPSA) is 30.5 Å². The van der Waals surface area contributed by atoms with E-state index in [0.29, 0.717) is 13.2 Å². The number of benzene rings is 1. The molecule has 1 N–H and O–H groups in total. The average molecular weight is 319 g/mol. The molecule has 120 valence electrons. The van der Waals surface area contributed by atoms with E-state index in [1.165, 1.54) is 4.88 Å². The molecule has 4 heteroatoms. The highest BCUT2D eigenvalue weighted by molar-refractivity contribution is 7.09. The molecule has 0 saturated carbocycles. The van der Waals surface area contributed by atoms with Gasteiger partial charge in [0.05, 0.1) is 13.2 Å². The van der Waals surface area contributed by atoms with E-state index in [1.54, 1.807) is 11.3 Å². The molecule has 0 aliphatic carbocycles. The molecule has 0 radical (unpaired) electrons. The van der Waals surface area contributed by atoms with Crippen LogP contribution in [0.15, 0.2) is 35.7 Å². The fourth-order valence-corrected chi connectivity index (χ4v) is 2.77. The normalized spacial score (nSPS) is 10.5. The lowest BCUT2D eigenvalue weighted by Gasteiger charge is -2.14. The fraction of sp³-hybridized carbons (Fsp3) is 0.444. The number of anilines is 1. The van der Waals surface area contributed by atoms with Crippen molar-refractivity contribution >= 4 is 17.0 Å². The van der Waals surface area contributed by atoms with Crippen molar-refractivity contribution in [2.45, 2.75) is 33.1 Å². The summed E-state index contributed by atoms with van der Waals surface area (Å²) in [5, 5.41) is 5.57. The van der Waals surface area contributed by atoms with Crippen molar-refractivity contribution in [3.63, 3.8) is 0 Å². The summed E-state index contributed by atoms with van der Waals surface area (Å²) < 4.78 is 11.6. The molecule has 1 heterocycles. The molecule has 0 bridgehead atoms. The fourth-order valence-electron chi connectivity index (χ4n) is 2.06. The number of ether oxygens (including phenoxy) is 2. The molecule has 0 unspecified atom stereocenters. The SMILES string of the molecule is CCCOc1ccc(NCCc2cccs2)cc1OCCC. The maximum Gasteiger partial charge on any atom is 0.163 e. The zero-order chi connectivity index (χ0) is 15.6. The van der Waals surface area contributed by atoms with E-state index in [-0.39, 0.29) is 0 Å². The van der Waals surface area contributed by atoms with Crippen LogP contribution in [0.5, 0.6) is 11.5 Å². The van der Waals surface area contributed by atoms with Gasteiger partial charge >= 0.3 is 0 Å². The first-order valence-electron chi connectivity index (χ1n) is 7.99. The van der Waals surface area contributed by atoms with Crippen LogP contribution in [-0.2, 0) is 6.42 Å². The summed E-state index contributed by atoms with van der Waals surface area (Å²) in [6, 6.07) is 10.3. The van der Waals surface area contributed by atoms with Gasteiger partial charge in [-0.1, -0.05) is 19.9 Å². The number of nitrogens with one attached hydrogen (secondary N) is 1. The minimum Gasteiger partial charge on any atom is -0.490 e. The third-order valence-electron chi connectivity index (χ3n) is 3.15. The third kappa shape index (κ3) is 5.26. The predicted octanol–water partition coefficient (Wildman–Crippen LogP) is 4.98. The smallest absolute Gasteiger partial charge is 0.163 e. The summed E-state index contributed by atoms with van der Waals surface area (Å²) in [5.41, 5.74) is 1.08. The predicted molar refractivity (Wildman–Crippen MR) is 94.5 cm³/mol. The van der Waals surface area contributed by atoms with E-state index in [4.69, 9.17) is 9.47 Å². The van der Waals surface area contributed by atoms with Gasteiger partial charge in [-0.2, -0.15) is 0 Å². The Labute approximate surface area is 137 Å². The molecule has 0 amide bonds. The van der Waals surface area contributed by atoms with Gasteiger partial charge in [-0.15, -0.1) is 11.3 Å². The summed E-state index contributed by atoms with van der Waals surface area (Å²) in [5.74, 6) is 1.66. The first kappa shape index (κ1) is 16.7. The molecule has 22 heavy (non-hydrogen) atoms. The maximum atomic E-state index is 5.81. The summed E-state index contributed by atoms with van der Waals surface area (Å²) in [6.45, 7) is 6.56. The first-order chi connectivity index (χ1) is 10.8.